The largest absolute Gasteiger partial charge is 0.359 e. The fourth-order valence-corrected chi connectivity index (χ4v) is 1.94. The molecule has 0 aliphatic heterocycles. The molecule has 0 radical (unpaired) electrons. The van der Waals surface area contributed by atoms with E-state index < -0.39 is 0 Å². The molecular weight excluding hydrogens is 250 g/mol. The standard InChI is InChI=1S/C16H23N3O/c1-4-13(2)18-16(20)14(3)19(12-8-11-17)15-9-6-5-7-10-15/h5-7,9-10,13-14H,4,8,12H2,1-3H3,(H,18,20). The van der Waals surface area contributed by atoms with Crippen LogP contribution in [0.1, 0.15) is 33.6 Å². The average Bonchev–Trinajstić information content (AvgIpc) is 2.48. The van der Waals surface area contributed by atoms with Gasteiger partial charge in [0.05, 0.1) is 12.5 Å². The van der Waals surface area contributed by atoms with Gasteiger partial charge in [0.15, 0.2) is 0 Å². The number of nitrogens with one attached hydrogen (secondary N) is 1. The van der Waals surface area contributed by atoms with Crippen LogP contribution in [0, 0.1) is 11.3 Å². The Bertz CT molecular complexity index is 453. The van der Waals surface area contributed by atoms with Gasteiger partial charge >= 0.3 is 0 Å². The predicted octanol–water partition coefficient (Wildman–Crippen LogP) is 2.71. The third-order valence-corrected chi connectivity index (χ3v) is 3.40. The van der Waals surface area contributed by atoms with Crippen molar-refractivity contribution in [2.75, 3.05) is 11.4 Å². The molecule has 0 heterocycles. The number of hydrogen-bond donors (Lipinski definition) is 1. The molecule has 1 rings (SSSR count). The Morgan fingerprint density at radius 1 is 1.35 bits per heavy atom. The molecule has 0 saturated carbocycles. The van der Waals surface area contributed by atoms with Crippen LogP contribution in [-0.2, 0) is 4.79 Å². The van der Waals surface area contributed by atoms with E-state index >= 15 is 0 Å². The second-order valence-electron chi connectivity index (χ2n) is 4.93. The molecule has 2 unspecified atom stereocenters. The molecule has 0 spiro atoms. The van der Waals surface area contributed by atoms with Crippen LogP contribution in [0.2, 0.25) is 0 Å². The molecule has 0 aromatic heterocycles. The SMILES string of the molecule is CCC(C)NC(=O)C(C)N(CCC#N)c1ccccc1. The second kappa shape index (κ2) is 8.21. The van der Waals surface area contributed by atoms with E-state index in [1.54, 1.807) is 0 Å². The highest BCUT2D eigenvalue weighted by molar-refractivity contribution is 5.85. The quantitative estimate of drug-likeness (QED) is 0.831. The van der Waals surface area contributed by atoms with Crippen molar-refractivity contribution in [1.82, 2.24) is 5.32 Å². The molecule has 1 amide bonds. The van der Waals surface area contributed by atoms with E-state index in [-0.39, 0.29) is 18.0 Å². The van der Waals surface area contributed by atoms with Gasteiger partial charge in [-0.2, -0.15) is 5.26 Å². The van der Waals surface area contributed by atoms with Crippen LogP contribution in [0.4, 0.5) is 5.69 Å². The lowest BCUT2D eigenvalue weighted by atomic mass is 10.1. The van der Waals surface area contributed by atoms with E-state index in [2.05, 4.69) is 11.4 Å². The highest BCUT2D eigenvalue weighted by Gasteiger charge is 2.22. The molecule has 1 N–H and O–H groups in total. The lowest BCUT2D eigenvalue weighted by Gasteiger charge is -2.30. The molecular formula is C16H23N3O. The Morgan fingerprint density at radius 2 is 2.00 bits per heavy atom. The zero-order valence-electron chi connectivity index (χ0n) is 12.5. The van der Waals surface area contributed by atoms with Crippen LogP contribution < -0.4 is 10.2 Å². The molecule has 0 fully saturated rings. The lowest BCUT2D eigenvalue weighted by Crippen LogP contribution is -2.48. The van der Waals surface area contributed by atoms with Crippen molar-refractivity contribution in [3.8, 4) is 6.07 Å². The topological polar surface area (TPSA) is 56.1 Å². The summed E-state index contributed by atoms with van der Waals surface area (Å²) in [5, 5.41) is 11.8. The van der Waals surface area contributed by atoms with Crippen molar-refractivity contribution < 1.29 is 4.79 Å². The van der Waals surface area contributed by atoms with Gasteiger partial charge in [-0.15, -0.1) is 0 Å². The number of carbonyl (C=O) groups excluding carboxylic acids is 1. The summed E-state index contributed by atoms with van der Waals surface area (Å²) in [4.78, 5) is 14.2. The fourth-order valence-electron chi connectivity index (χ4n) is 1.94. The fraction of sp³-hybridized carbons (Fsp3) is 0.500. The van der Waals surface area contributed by atoms with E-state index in [9.17, 15) is 4.79 Å². The summed E-state index contributed by atoms with van der Waals surface area (Å²) in [7, 11) is 0. The van der Waals surface area contributed by atoms with Gasteiger partial charge < -0.3 is 10.2 Å². The molecule has 1 aromatic carbocycles. The monoisotopic (exact) mass is 273 g/mol. The molecule has 0 aliphatic carbocycles. The first-order chi connectivity index (χ1) is 9.60. The van der Waals surface area contributed by atoms with Crippen molar-refractivity contribution in [3.05, 3.63) is 30.3 Å². The summed E-state index contributed by atoms with van der Waals surface area (Å²) in [6, 6.07) is 11.8. The van der Waals surface area contributed by atoms with Gasteiger partial charge in [-0.25, -0.2) is 0 Å². The van der Waals surface area contributed by atoms with Crippen LogP contribution in [0.3, 0.4) is 0 Å². The zero-order chi connectivity index (χ0) is 15.0. The van der Waals surface area contributed by atoms with Crippen LogP contribution >= 0.6 is 0 Å². The Kier molecular flexibility index (Phi) is 6.58. The summed E-state index contributed by atoms with van der Waals surface area (Å²) < 4.78 is 0. The summed E-state index contributed by atoms with van der Waals surface area (Å²) in [5.41, 5.74) is 0.967. The first-order valence-electron chi connectivity index (χ1n) is 7.09. The number of nitriles is 1. The van der Waals surface area contributed by atoms with Crippen molar-refractivity contribution in [2.45, 2.75) is 45.7 Å². The van der Waals surface area contributed by atoms with Gasteiger partial charge in [0.1, 0.15) is 6.04 Å². The van der Waals surface area contributed by atoms with Crippen LogP contribution in [0.15, 0.2) is 30.3 Å². The maximum atomic E-state index is 12.3. The van der Waals surface area contributed by atoms with Gasteiger partial charge in [-0.1, -0.05) is 25.1 Å². The summed E-state index contributed by atoms with van der Waals surface area (Å²) in [6.07, 6.45) is 1.30. The number of anilines is 1. The Labute approximate surface area is 121 Å². The molecule has 1 aromatic rings. The molecule has 20 heavy (non-hydrogen) atoms. The average molecular weight is 273 g/mol. The number of para-hydroxylation sites is 1. The molecule has 0 aliphatic rings. The highest BCUT2D eigenvalue weighted by atomic mass is 16.2. The van der Waals surface area contributed by atoms with E-state index in [0.29, 0.717) is 13.0 Å². The van der Waals surface area contributed by atoms with Gasteiger partial charge in [-0.05, 0) is 32.4 Å². The number of nitrogens with zero attached hydrogens (tertiary/aromatic N) is 2. The van der Waals surface area contributed by atoms with Gasteiger partial charge in [0, 0.05) is 18.3 Å². The van der Waals surface area contributed by atoms with Crippen molar-refractivity contribution >= 4 is 11.6 Å². The van der Waals surface area contributed by atoms with Crippen molar-refractivity contribution in [3.63, 3.8) is 0 Å². The van der Waals surface area contributed by atoms with Gasteiger partial charge in [-0.3, -0.25) is 4.79 Å². The molecule has 4 nitrogen and oxygen atoms in total. The van der Waals surface area contributed by atoms with Crippen LogP contribution in [0.5, 0.6) is 0 Å². The van der Waals surface area contributed by atoms with E-state index in [4.69, 9.17) is 5.26 Å². The zero-order valence-corrected chi connectivity index (χ0v) is 12.5. The summed E-state index contributed by atoms with van der Waals surface area (Å²) in [5.74, 6) is 0.00106. The third-order valence-electron chi connectivity index (χ3n) is 3.40. The van der Waals surface area contributed by atoms with Crippen molar-refractivity contribution in [2.24, 2.45) is 0 Å². The van der Waals surface area contributed by atoms with E-state index in [0.717, 1.165) is 12.1 Å². The molecule has 0 bridgehead atoms. The predicted molar refractivity (Wildman–Crippen MR) is 81.4 cm³/mol. The highest BCUT2D eigenvalue weighted by Crippen LogP contribution is 2.17. The Hall–Kier alpha value is -2.02. The number of hydrogen-bond acceptors (Lipinski definition) is 3. The third kappa shape index (κ3) is 4.58. The van der Waals surface area contributed by atoms with Gasteiger partial charge in [0.2, 0.25) is 5.91 Å². The smallest absolute Gasteiger partial charge is 0.242 e. The maximum Gasteiger partial charge on any atom is 0.242 e. The number of rotatable bonds is 7. The molecule has 2 atom stereocenters. The van der Waals surface area contributed by atoms with Crippen molar-refractivity contribution in [1.29, 1.82) is 5.26 Å². The van der Waals surface area contributed by atoms with Gasteiger partial charge in [0.25, 0.3) is 0 Å². The Balaban J connectivity index is 2.82. The summed E-state index contributed by atoms with van der Waals surface area (Å²) >= 11 is 0. The first-order valence-corrected chi connectivity index (χ1v) is 7.09. The lowest BCUT2D eigenvalue weighted by molar-refractivity contribution is -0.122. The molecule has 0 saturated heterocycles. The maximum absolute atomic E-state index is 12.3. The minimum absolute atomic E-state index is 0.00106. The number of benzene rings is 1. The minimum atomic E-state index is -0.292. The molecule has 4 heteroatoms. The first kappa shape index (κ1) is 16.0. The Morgan fingerprint density at radius 3 is 2.55 bits per heavy atom. The van der Waals surface area contributed by atoms with Crippen LogP contribution in [0.25, 0.3) is 0 Å². The number of amides is 1. The number of carbonyl (C=O) groups is 1. The second-order valence-corrected chi connectivity index (χ2v) is 4.93. The van der Waals surface area contributed by atoms with E-state index in [1.165, 1.54) is 0 Å². The normalized spacial score (nSPS) is 13.1. The van der Waals surface area contributed by atoms with E-state index in [1.807, 2.05) is 56.0 Å². The minimum Gasteiger partial charge on any atom is -0.359 e. The molecule has 108 valence electrons. The van der Waals surface area contributed by atoms with Crippen LogP contribution in [-0.4, -0.2) is 24.5 Å². The summed E-state index contributed by atoms with van der Waals surface area (Å²) in [6.45, 7) is 6.46.